The molecule has 1 atom stereocenters. The number of nitrogens with zero attached hydrogens (tertiary/aromatic N) is 2. The van der Waals surface area contributed by atoms with Gasteiger partial charge in [-0.25, -0.2) is 0 Å². The van der Waals surface area contributed by atoms with Gasteiger partial charge in [0.25, 0.3) is 0 Å². The molecule has 27 heavy (non-hydrogen) atoms. The fourth-order valence-electron chi connectivity index (χ4n) is 2.94. The van der Waals surface area contributed by atoms with Crippen LogP contribution < -0.4 is 5.32 Å². The number of para-hydroxylation sites is 1. The first-order valence-electron chi connectivity index (χ1n) is 10.0. The largest absolute Gasteiger partial charge is 0.326 e. The first-order valence-corrected chi connectivity index (χ1v) is 10.9. The molecule has 2 amide bonds. The molecule has 1 aliphatic heterocycles. The summed E-state index contributed by atoms with van der Waals surface area (Å²) in [7, 11) is 0. The standard InChI is InChI=1S/C21H31N3O2S/c1-4-7-13-22-21-24(14-8-5-2)20(26)18(27-21)15-19(25)23-17-12-10-9-11-16(17)6-3/h9-12,18H,4-8,13-15H2,1-3H3,(H,23,25). The van der Waals surface area contributed by atoms with Crippen molar-refractivity contribution < 1.29 is 9.59 Å². The van der Waals surface area contributed by atoms with Crippen molar-refractivity contribution in [1.29, 1.82) is 0 Å². The van der Waals surface area contributed by atoms with Gasteiger partial charge >= 0.3 is 0 Å². The third-order valence-corrected chi connectivity index (χ3v) is 5.77. The van der Waals surface area contributed by atoms with Gasteiger partial charge in [0.2, 0.25) is 11.8 Å². The monoisotopic (exact) mass is 389 g/mol. The van der Waals surface area contributed by atoms with Crippen molar-refractivity contribution in [3.8, 4) is 0 Å². The number of amides is 2. The second kappa shape index (κ2) is 11.1. The van der Waals surface area contributed by atoms with E-state index in [1.165, 1.54) is 11.8 Å². The average Bonchev–Trinajstić information content (AvgIpc) is 2.95. The molecule has 1 saturated heterocycles. The molecule has 1 fully saturated rings. The van der Waals surface area contributed by atoms with Gasteiger partial charge in [0, 0.05) is 25.2 Å². The number of anilines is 1. The molecule has 0 aromatic heterocycles. The Morgan fingerprint density at radius 1 is 1.19 bits per heavy atom. The second-order valence-corrected chi connectivity index (χ2v) is 7.90. The van der Waals surface area contributed by atoms with Gasteiger partial charge in [-0.05, 0) is 30.9 Å². The van der Waals surface area contributed by atoms with Crippen LogP contribution >= 0.6 is 11.8 Å². The normalized spacial score (nSPS) is 18.3. The molecule has 1 heterocycles. The van der Waals surface area contributed by atoms with E-state index in [4.69, 9.17) is 0 Å². The predicted octanol–water partition coefficient (Wildman–Crippen LogP) is 4.48. The van der Waals surface area contributed by atoms with E-state index in [0.717, 1.165) is 55.1 Å². The van der Waals surface area contributed by atoms with Crippen LogP contribution in [0.5, 0.6) is 0 Å². The van der Waals surface area contributed by atoms with Crippen LogP contribution in [0, 0.1) is 0 Å². The van der Waals surface area contributed by atoms with Gasteiger partial charge < -0.3 is 5.32 Å². The molecule has 0 bridgehead atoms. The van der Waals surface area contributed by atoms with Crippen LogP contribution in [-0.2, 0) is 16.0 Å². The number of benzene rings is 1. The fraction of sp³-hybridized carbons (Fsp3) is 0.571. The summed E-state index contributed by atoms with van der Waals surface area (Å²) in [6.45, 7) is 7.72. The number of carbonyl (C=O) groups is 2. The highest BCUT2D eigenvalue weighted by molar-refractivity contribution is 8.15. The third kappa shape index (κ3) is 6.09. The summed E-state index contributed by atoms with van der Waals surface area (Å²) in [6, 6.07) is 7.80. The van der Waals surface area contributed by atoms with Crippen molar-refractivity contribution in [2.24, 2.45) is 4.99 Å². The van der Waals surface area contributed by atoms with Crippen LogP contribution in [0.4, 0.5) is 5.69 Å². The summed E-state index contributed by atoms with van der Waals surface area (Å²) >= 11 is 1.44. The van der Waals surface area contributed by atoms with E-state index in [0.29, 0.717) is 6.54 Å². The summed E-state index contributed by atoms with van der Waals surface area (Å²) in [5.74, 6) is -0.102. The lowest BCUT2D eigenvalue weighted by Gasteiger charge is -2.16. The zero-order valence-electron chi connectivity index (χ0n) is 16.7. The molecule has 1 aromatic rings. The smallest absolute Gasteiger partial charge is 0.242 e. The minimum Gasteiger partial charge on any atom is -0.326 e. The number of aliphatic imine (C=N–C) groups is 1. The lowest BCUT2D eigenvalue weighted by molar-refractivity contribution is -0.128. The zero-order chi connectivity index (χ0) is 19.6. The number of unbranched alkanes of at least 4 members (excludes halogenated alkanes) is 2. The molecular formula is C21H31N3O2S. The van der Waals surface area contributed by atoms with Gasteiger partial charge in [-0.3, -0.25) is 19.5 Å². The van der Waals surface area contributed by atoms with E-state index in [-0.39, 0.29) is 23.5 Å². The van der Waals surface area contributed by atoms with Gasteiger partial charge in [0.05, 0.1) is 0 Å². The molecule has 2 rings (SSSR count). The molecule has 0 spiro atoms. The molecule has 5 nitrogen and oxygen atoms in total. The quantitative estimate of drug-likeness (QED) is 0.600. The van der Waals surface area contributed by atoms with Crippen molar-refractivity contribution in [3.63, 3.8) is 0 Å². The first kappa shape index (κ1) is 21.5. The molecule has 148 valence electrons. The Morgan fingerprint density at radius 2 is 1.93 bits per heavy atom. The number of carbonyl (C=O) groups excluding carboxylic acids is 2. The summed E-state index contributed by atoms with van der Waals surface area (Å²) in [5.41, 5.74) is 1.93. The van der Waals surface area contributed by atoms with Gasteiger partial charge in [0.15, 0.2) is 5.17 Å². The van der Waals surface area contributed by atoms with Crippen molar-refractivity contribution in [2.45, 2.75) is 64.5 Å². The molecule has 1 aliphatic rings. The highest BCUT2D eigenvalue weighted by atomic mass is 32.2. The average molecular weight is 390 g/mol. The predicted molar refractivity (Wildman–Crippen MR) is 114 cm³/mol. The Kier molecular flexibility index (Phi) is 8.85. The Balaban J connectivity index is 2.03. The lowest BCUT2D eigenvalue weighted by Crippen LogP contribution is -2.34. The SMILES string of the molecule is CCCCN=C1SC(CC(=O)Nc2ccccc2CC)C(=O)N1CCCC. The minimum absolute atomic E-state index is 0.0163. The zero-order valence-corrected chi connectivity index (χ0v) is 17.5. The molecule has 1 N–H and O–H groups in total. The van der Waals surface area contributed by atoms with Crippen LogP contribution in [0.15, 0.2) is 29.3 Å². The lowest BCUT2D eigenvalue weighted by atomic mass is 10.1. The molecule has 0 saturated carbocycles. The number of aryl methyl sites for hydroxylation is 1. The summed E-state index contributed by atoms with van der Waals surface area (Å²) in [4.78, 5) is 31.7. The topological polar surface area (TPSA) is 61.8 Å². The maximum Gasteiger partial charge on any atom is 0.242 e. The van der Waals surface area contributed by atoms with E-state index in [1.54, 1.807) is 4.90 Å². The number of hydrogen-bond acceptors (Lipinski definition) is 4. The van der Waals surface area contributed by atoms with Gasteiger partial charge in [-0.2, -0.15) is 0 Å². The Bertz CT molecular complexity index is 675. The van der Waals surface area contributed by atoms with Crippen LogP contribution in [0.2, 0.25) is 0 Å². The summed E-state index contributed by atoms with van der Waals surface area (Å²) in [6.07, 6.45) is 5.09. The van der Waals surface area contributed by atoms with Gasteiger partial charge in [0.1, 0.15) is 5.25 Å². The van der Waals surface area contributed by atoms with E-state index in [2.05, 4.69) is 31.1 Å². The molecule has 0 aliphatic carbocycles. The van der Waals surface area contributed by atoms with Gasteiger partial charge in [-0.1, -0.05) is 63.6 Å². The van der Waals surface area contributed by atoms with E-state index < -0.39 is 0 Å². The van der Waals surface area contributed by atoms with Crippen molar-refractivity contribution in [2.75, 3.05) is 18.4 Å². The van der Waals surface area contributed by atoms with Gasteiger partial charge in [-0.15, -0.1) is 0 Å². The molecule has 1 aromatic carbocycles. The van der Waals surface area contributed by atoms with E-state index >= 15 is 0 Å². The highest BCUT2D eigenvalue weighted by Gasteiger charge is 2.38. The number of hydrogen-bond donors (Lipinski definition) is 1. The highest BCUT2D eigenvalue weighted by Crippen LogP contribution is 2.30. The minimum atomic E-state index is -0.379. The Labute approximate surface area is 167 Å². The molecule has 6 heteroatoms. The number of nitrogens with one attached hydrogen (secondary N) is 1. The molecular weight excluding hydrogens is 358 g/mol. The number of thioether (sulfide) groups is 1. The number of rotatable bonds is 10. The molecule has 0 radical (unpaired) electrons. The third-order valence-electron chi connectivity index (χ3n) is 4.56. The second-order valence-electron chi connectivity index (χ2n) is 6.73. The van der Waals surface area contributed by atoms with E-state index in [9.17, 15) is 9.59 Å². The van der Waals surface area contributed by atoms with Crippen molar-refractivity contribution >= 4 is 34.4 Å². The van der Waals surface area contributed by atoms with Crippen molar-refractivity contribution in [3.05, 3.63) is 29.8 Å². The molecule has 1 unspecified atom stereocenters. The van der Waals surface area contributed by atoms with E-state index in [1.807, 2.05) is 24.3 Å². The number of amidine groups is 1. The van der Waals surface area contributed by atoms with Crippen LogP contribution in [0.3, 0.4) is 0 Å². The Morgan fingerprint density at radius 3 is 2.63 bits per heavy atom. The maximum absolute atomic E-state index is 12.8. The summed E-state index contributed by atoms with van der Waals surface area (Å²) < 4.78 is 0. The van der Waals surface area contributed by atoms with Crippen LogP contribution in [0.1, 0.15) is 58.4 Å². The van der Waals surface area contributed by atoms with Crippen LogP contribution in [0.25, 0.3) is 0 Å². The Hall–Kier alpha value is -1.82. The van der Waals surface area contributed by atoms with Crippen molar-refractivity contribution in [1.82, 2.24) is 4.90 Å². The first-order chi connectivity index (χ1) is 13.1. The fourth-order valence-corrected chi connectivity index (χ4v) is 4.13. The summed E-state index contributed by atoms with van der Waals surface area (Å²) in [5, 5.41) is 3.38. The van der Waals surface area contributed by atoms with Crippen LogP contribution in [-0.4, -0.2) is 40.2 Å². The maximum atomic E-state index is 12.8.